The zero-order valence-electron chi connectivity index (χ0n) is 15.1. The molecule has 6 heteroatoms. The molecule has 3 rings (SSSR count). The van der Waals surface area contributed by atoms with Crippen molar-refractivity contribution >= 4 is 17.9 Å². The van der Waals surface area contributed by atoms with E-state index in [1.54, 1.807) is 48.5 Å². The van der Waals surface area contributed by atoms with Gasteiger partial charge in [-0.25, -0.2) is 9.79 Å². The number of rotatable bonds is 6. The first-order valence-electron chi connectivity index (χ1n) is 8.57. The normalized spacial score (nSPS) is 14.5. The lowest BCUT2D eigenvalue weighted by Gasteiger charge is -2.11. The van der Waals surface area contributed by atoms with Crippen molar-refractivity contribution in [2.45, 2.75) is 13.8 Å². The number of benzene rings is 2. The predicted octanol–water partition coefficient (Wildman–Crippen LogP) is 3.70. The summed E-state index contributed by atoms with van der Waals surface area (Å²) >= 11 is 0. The number of aliphatic imine (C=N–C) groups is 1. The van der Waals surface area contributed by atoms with Crippen molar-refractivity contribution in [1.29, 1.82) is 5.26 Å². The molecule has 1 heterocycles. The minimum absolute atomic E-state index is 0.173. The van der Waals surface area contributed by atoms with Crippen LogP contribution in [0.3, 0.4) is 0 Å². The van der Waals surface area contributed by atoms with E-state index in [4.69, 9.17) is 19.5 Å². The molecule has 0 N–H and O–H groups in total. The molecular formula is C21H18N2O4. The van der Waals surface area contributed by atoms with Crippen LogP contribution in [0.2, 0.25) is 0 Å². The summed E-state index contributed by atoms with van der Waals surface area (Å²) in [4.78, 5) is 16.5. The van der Waals surface area contributed by atoms with Crippen molar-refractivity contribution in [1.82, 2.24) is 0 Å². The van der Waals surface area contributed by atoms with Gasteiger partial charge in [0, 0.05) is 5.56 Å². The Morgan fingerprint density at radius 2 is 1.89 bits per heavy atom. The summed E-state index contributed by atoms with van der Waals surface area (Å²) in [5.41, 5.74) is 2.00. The maximum absolute atomic E-state index is 12.2. The van der Waals surface area contributed by atoms with E-state index in [2.05, 4.69) is 11.1 Å². The fourth-order valence-corrected chi connectivity index (χ4v) is 2.57. The van der Waals surface area contributed by atoms with Gasteiger partial charge in [-0.2, -0.15) is 5.26 Å². The van der Waals surface area contributed by atoms with Crippen LogP contribution in [0.15, 0.2) is 53.2 Å². The third-order valence-electron chi connectivity index (χ3n) is 3.73. The van der Waals surface area contributed by atoms with Crippen LogP contribution in [-0.4, -0.2) is 25.1 Å². The van der Waals surface area contributed by atoms with Crippen LogP contribution in [0.4, 0.5) is 0 Å². The summed E-state index contributed by atoms with van der Waals surface area (Å²) < 4.78 is 16.4. The highest BCUT2D eigenvalue weighted by Gasteiger charge is 2.25. The molecule has 0 fully saturated rings. The number of esters is 1. The topological polar surface area (TPSA) is 80.9 Å². The summed E-state index contributed by atoms with van der Waals surface area (Å²) in [5.74, 6) is 0.845. The maximum Gasteiger partial charge on any atom is 0.363 e. The Morgan fingerprint density at radius 3 is 2.63 bits per heavy atom. The summed E-state index contributed by atoms with van der Waals surface area (Å²) in [6.45, 7) is 4.77. The van der Waals surface area contributed by atoms with Gasteiger partial charge in [-0.15, -0.1) is 0 Å². The molecule has 0 spiro atoms. The van der Waals surface area contributed by atoms with Crippen molar-refractivity contribution < 1.29 is 19.0 Å². The van der Waals surface area contributed by atoms with Gasteiger partial charge >= 0.3 is 5.97 Å². The lowest BCUT2D eigenvalue weighted by atomic mass is 10.1. The van der Waals surface area contributed by atoms with Crippen LogP contribution < -0.4 is 9.47 Å². The molecule has 1 aliphatic rings. The molecule has 6 nitrogen and oxygen atoms in total. The molecule has 2 aromatic carbocycles. The lowest BCUT2D eigenvalue weighted by molar-refractivity contribution is -0.129. The van der Waals surface area contributed by atoms with Crippen LogP contribution in [-0.2, 0) is 9.53 Å². The zero-order chi connectivity index (χ0) is 19.2. The van der Waals surface area contributed by atoms with Crippen LogP contribution in [0.25, 0.3) is 6.08 Å². The van der Waals surface area contributed by atoms with E-state index in [0.29, 0.717) is 41.4 Å². The number of hydrogen-bond acceptors (Lipinski definition) is 6. The highest BCUT2D eigenvalue weighted by atomic mass is 16.6. The minimum atomic E-state index is -0.542. The van der Waals surface area contributed by atoms with Crippen molar-refractivity contribution in [3.8, 4) is 17.6 Å². The van der Waals surface area contributed by atoms with Gasteiger partial charge in [-0.3, -0.25) is 0 Å². The second-order valence-corrected chi connectivity index (χ2v) is 5.60. The molecule has 27 heavy (non-hydrogen) atoms. The number of nitriles is 1. The predicted molar refractivity (Wildman–Crippen MR) is 101 cm³/mol. The third-order valence-corrected chi connectivity index (χ3v) is 3.73. The number of carbonyl (C=O) groups excluding carboxylic acids is 1. The summed E-state index contributed by atoms with van der Waals surface area (Å²) in [6.07, 6.45) is 1.59. The molecule has 0 bridgehead atoms. The Morgan fingerprint density at radius 1 is 1.11 bits per heavy atom. The Hall–Kier alpha value is -3.59. The minimum Gasteiger partial charge on any atom is -0.490 e. The molecule has 0 saturated heterocycles. The number of ether oxygens (including phenoxy) is 3. The van der Waals surface area contributed by atoms with Gasteiger partial charge in [0.15, 0.2) is 17.2 Å². The van der Waals surface area contributed by atoms with Gasteiger partial charge in [0.1, 0.15) is 0 Å². The number of cyclic esters (lactones) is 1. The van der Waals surface area contributed by atoms with Gasteiger partial charge in [-0.05, 0) is 55.8 Å². The van der Waals surface area contributed by atoms with E-state index in [-0.39, 0.29) is 11.6 Å². The summed E-state index contributed by atoms with van der Waals surface area (Å²) in [5, 5.41) is 8.98. The van der Waals surface area contributed by atoms with E-state index in [9.17, 15) is 4.79 Å². The first-order valence-corrected chi connectivity index (χ1v) is 8.57. The molecule has 0 aliphatic carbocycles. The molecule has 0 atom stereocenters. The Bertz CT molecular complexity index is 970. The maximum atomic E-state index is 12.2. The van der Waals surface area contributed by atoms with Gasteiger partial charge in [0.05, 0.1) is 24.8 Å². The smallest absolute Gasteiger partial charge is 0.363 e. The van der Waals surface area contributed by atoms with Crippen molar-refractivity contribution in [3.05, 3.63) is 64.9 Å². The molecule has 0 unspecified atom stereocenters. The second kappa shape index (κ2) is 8.19. The van der Waals surface area contributed by atoms with Crippen LogP contribution >= 0.6 is 0 Å². The molecule has 136 valence electrons. The fourth-order valence-electron chi connectivity index (χ4n) is 2.57. The van der Waals surface area contributed by atoms with Gasteiger partial charge in [0.2, 0.25) is 5.90 Å². The van der Waals surface area contributed by atoms with Crippen LogP contribution in [0, 0.1) is 11.3 Å². The average molecular weight is 362 g/mol. The monoisotopic (exact) mass is 362 g/mol. The Kier molecular flexibility index (Phi) is 5.53. The molecule has 0 radical (unpaired) electrons. The Labute approximate surface area is 157 Å². The quantitative estimate of drug-likeness (QED) is 0.578. The molecule has 0 amide bonds. The Balaban J connectivity index is 1.92. The summed E-state index contributed by atoms with van der Waals surface area (Å²) in [6, 6.07) is 14.2. The number of nitrogens with zero attached hydrogens (tertiary/aromatic N) is 2. The number of carbonyl (C=O) groups is 1. The van der Waals surface area contributed by atoms with Gasteiger partial charge < -0.3 is 14.2 Å². The van der Waals surface area contributed by atoms with Crippen molar-refractivity contribution in [3.63, 3.8) is 0 Å². The zero-order valence-corrected chi connectivity index (χ0v) is 15.1. The van der Waals surface area contributed by atoms with Crippen LogP contribution in [0.1, 0.15) is 30.5 Å². The average Bonchev–Trinajstić information content (AvgIpc) is 3.04. The lowest BCUT2D eigenvalue weighted by Crippen LogP contribution is -2.06. The van der Waals surface area contributed by atoms with Crippen molar-refractivity contribution in [2.75, 3.05) is 13.2 Å². The standard InChI is InChI=1S/C21H18N2O4/c1-3-25-18-9-8-16(12-19(18)26-4-2)20-23-17(21(24)27-20)11-14-6-5-7-15(10-14)13-22/h5-12H,3-4H2,1-2H3/b17-11-. The van der Waals surface area contributed by atoms with E-state index >= 15 is 0 Å². The third kappa shape index (κ3) is 4.15. The van der Waals surface area contributed by atoms with E-state index < -0.39 is 5.97 Å². The largest absolute Gasteiger partial charge is 0.490 e. The highest BCUT2D eigenvalue weighted by Crippen LogP contribution is 2.30. The van der Waals surface area contributed by atoms with Crippen molar-refractivity contribution in [2.24, 2.45) is 4.99 Å². The molecule has 2 aromatic rings. The molecule has 0 aromatic heterocycles. The first-order chi connectivity index (χ1) is 13.1. The molecule has 1 aliphatic heterocycles. The second-order valence-electron chi connectivity index (χ2n) is 5.60. The van der Waals surface area contributed by atoms with Gasteiger partial charge in [0.25, 0.3) is 0 Å². The van der Waals surface area contributed by atoms with Crippen LogP contribution in [0.5, 0.6) is 11.5 Å². The highest BCUT2D eigenvalue weighted by molar-refractivity contribution is 6.13. The summed E-state index contributed by atoms with van der Waals surface area (Å²) in [7, 11) is 0. The molecule has 0 saturated carbocycles. The van der Waals surface area contributed by atoms with Gasteiger partial charge in [-0.1, -0.05) is 12.1 Å². The SMILES string of the molecule is CCOc1ccc(C2=N/C(=C\c3cccc(C#N)c3)C(=O)O2)cc1OCC. The van der Waals surface area contributed by atoms with E-state index in [0.717, 1.165) is 0 Å². The fraction of sp³-hybridized carbons (Fsp3) is 0.190. The van der Waals surface area contributed by atoms with E-state index in [1.165, 1.54) is 0 Å². The first kappa shape index (κ1) is 18.2. The molecular weight excluding hydrogens is 344 g/mol. The van der Waals surface area contributed by atoms with E-state index in [1.807, 2.05) is 13.8 Å². The number of hydrogen-bond donors (Lipinski definition) is 0.